The third-order valence-corrected chi connectivity index (χ3v) is 4.61. The normalized spacial score (nSPS) is 21.6. The highest BCUT2D eigenvalue weighted by Crippen LogP contribution is 2.36. The van der Waals surface area contributed by atoms with Crippen LogP contribution in [-0.4, -0.2) is 15.9 Å². The molecule has 0 radical (unpaired) electrons. The van der Waals surface area contributed by atoms with Crippen LogP contribution in [0.5, 0.6) is 0 Å². The van der Waals surface area contributed by atoms with Crippen molar-refractivity contribution >= 4 is 5.91 Å². The SMILES string of the molecule is NC(=O)C1CCC(c2ncc(-c3cccc(C(F)(F)F)c3)[nH]2)CC1. The molecule has 0 atom stereocenters. The zero-order valence-corrected chi connectivity index (χ0v) is 12.9. The molecule has 0 spiro atoms. The van der Waals surface area contributed by atoms with E-state index in [1.54, 1.807) is 12.3 Å². The highest BCUT2D eigenvalue weighted by molar-refractivity contribution is 5.76. The first-order valence-electron chi connectivity index (χ1n) is 7.86. The predicted octanol–water partition coefficient (Wildman–Crippen LogP) is 3.85. The summed E-state index contributed by atoms with van der Waals surface area (Å²) in [7, 11) is 0. The molecule has 128 valence electrons. The monoisotopic (exact) mass is 337 g/mol. The number of nitrogens with zero attached hydrogens (tertiary/aromatic N) is 1. The number of carbonyl (C=O) groups excluding carboxylic acids is 1. The molecule has 0 bridgehead atoms. The third-order valence-electron chi connectivity index (χ3n) is 4.61. The van der Waals surface area contributed by atoms with Gasteiger partial charge in [-0.15, -0.1) is 0 Å². The summed E-state index contributed by atoms with van der Waals surface area (Å²) in [5.41, 5.74) is 5.66. The van der Waals surface area contributed by atoms with Gasteiger partial charge in [0.1, 0.15) is 5.82 Å². The van der Waals surface area contributed by atoms with E-state index in [-0.39, 0.29) is 17.7 Å². The van der Waals surface area contributed by atoms with Crippen molar-refractivity contribution in [1.82, 2.24) is 9.97 Å². The maximum absolute atomic E-state index is 12.8. The van der Waals surface area contributed by atoms with Gasteiger partial charge in [-0.05, 0) is 37.8 Å². The molecule has 1 heterocycles. The summed E-state index contributed by atoms with van der Waals surface area (Å²) >= 11 is 0. The van der Waals surface area contributed by atoms with Gasteiger partial charge in [-0.2, -0.15) is 13.2 Å². The van der Waals surface area contributed by atoms with Crippen molar-refractivity contribution < 1.29 is 18.0 Å². The molecule has 1 amide bonds. The zero-order chi connectivity index (χ0) is 17.3. The number of H-pyrrole nitrogens is 1. The van der Waals surface area contributed by atoms with Crippen molar-refractivity contribution in [3.63, 3.8) is 0 Å². The van der Waals surface area contributed by atoms with E-state index >= 15 is 0 Å². The minimum absolute atomic E-state index is 0.0841. The summed E-state index contributed by atoms with van der Waals surface area (Å²) in [4.78, 5) is 18.7. The van der Waals surface area contributed by atoms with Crippen molar-refractivity contribution in [3.05, 3.63) is 41.9 Å². The number of halogens is 3. The lowest BCUT2D eigenvalue weighted by Gasteiger charge is -2.25. The topological polar surface area (TPSA) is 71.8 Å². The van der Waals surface area contributed by atoms with E-state index in [9.17, 15) is 18.0 Å². The number of rotatable bonds is 3. The summed E-state index contributed by atoms with van der Waals surface area (Å²) in [6.07, 6.45) is 0.225. The molecule has 0 saturated heterocycles. The first-order valence-corrected chi connectivity index (χ1v) is 7.86. The Morgan fingerprint density at radius 3 is 2.54 bits per heavy atom. The van der Waals surface area contributed by atoms with E-state index in [0.717, 1.165) is 43.6 Å². The highest BCUT2D eigenvalue weighted by atomic mass is 19.4. The van der Waals surface area contributed by atoms with Crippen LogP contribution in [0, 0.1) is 5.92 Å². The molecule has 2 aromatic rings. The Bertz CT molecular complexity index is 731. The van der Waals surface area contributed by atoms with Crippen LogP contribution >= 0.6 is 0 Å². The van der Waals surface area contributed by atoms with Gasteiger partial charge >= 0.3 is 6.18 Å². The van der Waals surface area contributed by atoms with Gasteiger partial charge in [0.2, 0.25) is 5.91 Å². The molecule has 3 rings (SSSR count). The average Bonchev–Trinajstić information content (AvgIpc) is 3.04. The standard InChI is InChI=1S/C17H18F3N3O/c18-17(19,20)13-3-1-2-12(8-13)14-9-22-16(23-14)11-6-4-10(5-7-11)15(21)24/h1-3,8-11H,4-7H2,(H2,21,24)(H,22,23). The molecule has 1 saturated carbocycles. The fourth-order valence-corrected chi connectivity index (χ4v) is 3.21. The molecule has 7 heteroatoms. The summed E-state index contributed by atoms with van der Waals surface area (Å²) in [6, 6.07) is 5.17. The van der Waals surface area contributed by atoms with Gasteiger partial charge in [0.25, 0.3) is 0 Å². The second-order valence-corrected chi connectivity index (χ2v) is 6.21. The number of amides is 1. The van der Waals surface area contributed by atoms with Gasteiger partial charge in [-0.3, -0.25) is 4.79 Å². The van der Waals surface area contributed by atoms with Gasteiger partial charge in [-0.1, -0.05) is 12.1 Å². The number of hydrogen-bond donors (Lipinski definition) is 2. The second kappa shape index (κ2) is 6.30. The number of carbonyl (C=O) groups is 1. The molecule has 1 aromatic heterocycles. The smallest absolute Gasteiger partial charge is 0.369 e. The largest absolute Gasteiger partial charge is 0.416 e. The van der Waals surface area contributed by atoms with E-state index < -0.39 is 11.7 Å². The van der Waals surface area contributed by atoms with Crippen LogP contribution in [0.4, 0.5) is 13.2 Å². The Hall–Kier alpha value is -2.31. The van der Waals surface area contributed by atoms with E-state index in [1.165, 1.54) is 6.07 Å². The summed E-state index contributed by atoms with van der Waals surface area (Å²) < 4.78 is 38.5. The summed E-state index contributed by atoms with van der Waals surface area (Å²) in [5.74, 6) is 0.585. The van der Waals surface area contributed by atoms with E-state index in [4.69, 9.17) is 5.73 Å². The lowest BCUT2D eigenvalue weighted by atomic mass is 9.81. The van der Waals surface area contributed by atoms with Crippen LogP contribution in [0.25, 0.3) is 11.3 Å². The van der Waals surface area contributed by atoms with Crippen molar-refractivity contribution in [2.45, 2.75) is 37.8 Å². The summed E-state index contributed by atoms with van der Waals surface area (Å²) in [6.45, 7) is 0. The summed E-state index contributed by atoms with van der Waals surface area (Å²) in [5, 5.41) is 0. The van der Waals surface area contributed by atoms with Crippen LogP contribution in [0.3, 0.4) is 0 Å². The molecule has 4 nitrogen and oxygen atoms in total. The maximum atomic E-state index is 12.8. The van der Waals surface area contributed by atoms with Crippen molar-refractivity contribution in [3.8, 4) is 11.3 Å². The molecule has 1 aromatic carbocycles. The van der Waals surface area contributed by atoms with Gasteiger partial charge in [-0.25, -0.2) is 4.98 Å². The quantitative estimate of drug-likeness (QED) is 0.893. The Labute approximate surface area is 137 Å². The number of nitrogens with two attached hydrogens (primary N) is 1. The lowest BCUT2D eigenvalue weighted by Crippen LogP contribution is -2.27. The molecule has 0 unspecified atom stereocenters. The Morgan fingerprint density at radius 1 is 1.21 bits per heavy atom. The first-order chi connectivity index (χ1) is 11.3. The molecule has 1 aliphatic rings. The van der Waals surface area contributed by atoms with Gasteiger partial charge in [0.05, 0.1) is 17.5 Å². The van der Waals surface area contributed by atoms with Crippen LogP contribution in [0.1, 0.15) is 43.0 Å². The Morgan fingerprint density at radius 2 is 1.92 bits per heavy atom. The lowest BCUT2D eigenvalue weighted by molar-refractivity contribution is -0.137. The van der Waals surface area contributed by atoms with Crippen molar-refractivity contribution in [2.75, 3.05) is 0 Å². The average molecular weight is 337 g/mol. The molecule has 3 N–H and O–H groups in total. The number of imidazole rings is 1. The highest BCUT2D eigenvalue weighted by Gasteiger charge is 2.31. The molecular weight excluding hydrogens is 319 g/mol. The third kappa shape index (κ3) is 3.44. The fourth-order valence-electron chi connectivity index (χ4n) is 3.21. The number of primary amides is 1. The number of aromatic nitrogens is 2. The zero-order valence-electron chi connectivity index (χ0n) is 12.9. The number of aromatic amines is 1. The molecule has 24 heavy (non-hydrogen) atoms. The van der Waals surface area contributed by atoms with Crippen molar-refractivity contribution in [1.29, 1.82) is 0 Å². The number of alkyl halides is 3. The Balaban J connectivity index is 1.76. The predicted molar refractivity (Wildman–Crippen MR) is 82.9 cm³/mol. The Kier molecular flexibility index (Phi) is 4.34. The van der Waals surface area contributed by atoms with Crippen LogP contribution < -0.4 is 5.73 Å². The number of benzene rings is 1. The van der Waals surface area contributed by atoms with Crippen LogP contribution in [0.2, 0.25) is 0 Å². The minimum atomic E-state index is -4.37. The van der Waals surface area contributed by atoms with Crippen LogP contribution in [-0.2, 0) is 11.0 Å². The van der Waals surface area contributed by atoms with Gasteiger partial charge in [0.15, 0.2) is 0 Å². The van der Waals surface area contributed by atoms with E-state index in [2.05, 4.69) is 9.97 Å². The second-order valence-electron chi connectivity index (χ2n) is 6.21. The number of hydrogen-bond acceptors (Lipinski definition) is 2. The molecular formula is C17H18F3N3O. The van der Waals surface area contributed by atoms with Gasteiger partial charge < -0.3 is 10.7 Å². The fraction of sp³-hybridized carbons (Fsp3) is 0.412. The van der Waals surface area contributed by atoms with E-state index in [0.29, 0.717) is 11.3 Å². The minimum Gasteiger partial charge on any atom is -0.369 e. The molecule has 0 aliphatic heterocycles. The van der Waals surface area contributed by atoms with E-state index in [1.807, 2.05) is 0 Å². The maximum Gasteiger partial charge on any atom is 0.416 e. The number of nitrogens with one attached hydrogen (secondary N) is 1. The van der Waals surface area contributed by atoms with Crippen molar-refractivity contribution in [2.24, 2.45) is 11.7 Å². The molecule has 1 fully saturated rings. The van der Waals surface area contributed by atoms with Gasteiger partial charge in [0, 0.05) is 17.4 Å². The first kappa shape index (κ1) is 16.5. The molecule has 1 aliphatic carbocycles. The van der Waals surface area contributed by atoms with Crippen LogP contribution in [0.15, 0.2) is 30.5 Å².